The Morgan fingerprint density at radius 3 is 2.93 bits per heavy atom. The van der Waals surface area contributed by atoms with Gasteiger partial charge in [0.05, 0.1) is 23.9 Å². The summed E-state index contributed by atoms with van der Waals surface area (Å²) in [5.41, 5.74) is 1.07. The first-order valence-electron chi connectivity index (χ1n) is 4.43. The lowest BCUT2D eigenvalue weighted by molar-refractivity contribution is 0.0851. The SMILES string of the molecule is CCC(C)(CO)NC(=O)c1cncs1. The molecule has 1 amide bonds. The van der Waals surface area contributed by atoms with Gasteiger partial charge in [-0.25, -0.2) is 0 Å². The highest BCUT2D eigenvalue weighted by atomic mass is 32.1. The molecule has 0 spiro atoms. The predicted octanol–water partition coefficient (Wildman–Crippen LogP) is 1.03. The minimum absolute atomic E-state index is 0.0615. The lowest BCUT2D eigenvalue weighted by Crippen LogP contribution is -2.48. The maximum absolute atomic E-state index is 11.6. The highest BCUT2D eigenvalue weighted by Gasteiger charge is 2.24. The average molecular weight is 214 g/mol. The Bertz CT molecular complexity index is 294. The zero-order valence-electron chi connectivity index (χ0n) is 8.28. The summed E-state index contributed by atoms with van der Waals surface area (Å²) in [5.74, 6) is -0.175. The molecule has 0 bridgehead atoms. The molecule has 1 rings (SSSR count). The van der Waals surface area contributed by atoms with E-state index < -0.39 is 5.54 Å². The smallest absolute Gasteiger partial charge is 0.263 e. The minimum atomic E-state index is -0.541. The highest BCUT2D eigenvalue weighted by molar-refractivity contribution is 7.11. The van der Waals surface area contributed by atoms with Gasteiger partial charge < -0.3 is 10.4 Å². The molecule has 2 N–H and O–H groups in total. The molecule has 0 aliphatic carbocycles. The van der Waals surface area contributed by atoms with Gasteiger partial charge in [-0.2, -0.15) is 0 Å². The summed E-state index contributed by atoms with van der Waals surface area (Å²) < 4.78 is 0. The minimum Gasteiger partial charge on any atom is -0.394 e. The molecule has 5 heteroatoms. The van der Waals surface area contributed by atoms with E-state index in [1.54, 1.807) is 5.51 Å². The normalized spacial score (nSPS) is 14.8. The molecule has 0 saturated heterocycles. The van der Waals surface area contributed by atoms with E-state index in [2.05, 4.69) is 10.3 Å². The number of aromatic nitrogens is 1. The Morgan fingerprint density at radius 2 is 2.50 bits per heavy atom. The average Bonchev–Trinajstić information content (AvgIpc) is 2.70. The predicted molar refractivity (Wildman–Crippen MR) is 55.4 cm³/mol. The second-order valence-corrected chi connectivity index (χ2v) is 4.28. The number of thiazole rings is 1. The van der Waals surface area contributed by atoms with E-state index in [1.807, 2.05) is 13.8 Å². The maximum Gasteiger partial charge on any atom is 0.263 e. The van der Waals surface area contributed by atoms with Crippen molar-refractivity contribution in [1.82, 2.24) is 10.3 Å². The van der Waals surface area contributed by atoms with Crippen molar-refractivity contribution in [2.75, 3.05) is 6.61 Å². The molecule has 1 unspecified atom stereocenters. The highest BCUT2D eigenvalue weighted by Crippen LogP contribution is 2.11. The number of hydrogen-bond donors (Lipinski definition) is 2. The number of nitrogens with one attached hydrogen (secondary N) is 1. The van der Waals surface area contributed by atoms with Crippen LogP contribution < -0.4 is 5.32 Å². The van der Waals surface area contributed by atoms with Crippen molar-refractivity contribution in [3.8, 4) is 0 Å². The van der Waals surface area contributed by atoms with Crippen molar-refractivity contribution in [3.63, 3.8) is 0 Å². The summed E-state index contributed by atoms with van der Waals surface area (Å²) in [4.78, 5) is 16.0. The Morgan fingerprint density at radius 1 is 1.79 bits per heavy atom. The van der Waals surface area contributed by atoms with E-state index >= 15 is 0 Å². The third-order valence-electron chi connectivity index (χ3n) is 2.20. The molecule has 14 heavy (non-hydrogen) atoms. The Labute approximate surface area is 87.0 Å². The van der Waals surface area contributed by atoms with E-state index in [1.165, 1.54) is 17.5 Å². The summed E-state index contributed by atoms with van der Waals surface area (Å²) in [7, 11) is 0. The molecular formula is C9H14N2O2S. The van der Waals surface area contributed by atoms with Gasteiger partial charge in [0.2, 0.25) is 0 Å². The second-order valence-electron chi connectivity index (χ2n) is 3.39. The monoisotopic (exact) mass is 214 g/mol. The van der Waals surface area contributed by atoms with Gasteiger partial charge in [-0.3, -0.25) is 9.78 Å². The van der Waals surface area contributed by atoms with Crippen LogP contribution in [-0.4, -0.2) is 28.1 Å². The fraction of sp³-hybridized carbons (Fsp3) is 0.556. The second kappa shape index (κ2) is 4.52. The van der Waals surface area contributed by atoms with Crippen LogP contribution in [0.2, 0.25) is 0 Å². The van der Waals surface area contributed by atoms with Gasteiger partial charge in [0.15, 0.2) is 0 Å². The molecule has 1 atom stereocenters. The van der Waals surface area contributed by atoms with Crippen molar-refractivity contribution in [3.05, 3.63) is 16.6 Å². The maximum atomic E-state index is 11.6. The van der Waals surface area contributed by atoms with Gasteiger partial charge in [-0.05, 0) is 13.3 Å². The summed E-state index contributed by atoms with van der Waals surface area (Å²) in [6.45, 7) is 3.67. The Hall–Kier alpha value is -0.940. The number of carbonyl (C=O) groups excluding carboxylic acids is 1. The first-order chi connectivity index (χ1) is 6.61. The van der Waals surface area contributed by atoms with E-state index in [9.17, 15) is 4.79 Å². The van der Waals surface area contributed by atoms with E-state index in [4.69, 9.17) is 5.11 Å². The standard InChI is InChI=1S/C9H14N2O2S/c1-3-9(2,5-12)11-8(13)7-4-10-6-14-7/h4,6,12H,3,5H2,1-2H3,(H,11,13). The molecule has 0 aliphatic rings. The summed E-state index contributed by atoms with van der Waals surface area (Å²) >= 11 is 1.29. The van der Waals surface area contributed by atoms with Crippen LogP contribution in [0.5, 0.6) is 0 Å². The van der Waals surface area contributed by atoms with E-state index in [0.29, 0.717) is 11.3 Å². The summed E-state index contributed by atoms with van der Waals surface area (Å²) in [5, 5.41) is 11.9. The molecule has 0 saturated carbocycles. The van der Waals surface area contributed by atoms with Gasteiger partial charge in [0.25, 0.3) is 5.91 Å². The summed E-state index contributed by atoms with van der Waals surface area (Å²) in [6.07, 6.45) is 2.21. The number of nitrogens with zero attached hydrogens (tertiary/aromatic N) is 1. The zero-order valence-corrected chi connectivity index (χ0v) is 9.10. The first kappa shape index (κ1) is 11.1. The molecular weight excluding hydrogens is 200 g/mol. The third-order valence-corrected chi connectivity index (χ3v) is 2.97. The van der Waals surface area contributed by atoms with Crippen LogP contribution in [0, 0.1) is 0 Å². The molecule has 0 aliphatic heterocycles. The fourth-order valence-electron chi connectivity index (χ4n) is 0.903. The third kappa shape index (κ3) is 2.52. The molecule has 1 heterocycles. The number of amides is 1. The van der Waals surface area contributed by atoms with Crippen LogP contribution in [0.25, 0.3) is 0 Å². The van der Waals surface area contributed by atoms with Crippen LogP contribution >= 0.6 is 11.3 Å². The first-order valence-corrected chi connectivity index (χ1v) is 5.31. The molecule has 0 radical (unpaired) electrons. The molecule has 1 aromatic heterocycles. The lowest BCUT2D eigenvalue weighted by Gasteiger charge is -2.26. The Balaban J connectivity index is 2.65. The topological polar surface area (TPSA) is 62.2 Å². The Kier molecular flexibility index (Phi) is 3.60. The van der Waals surface area contributed by atoms with E-state index in [-0.39, 0.29) is 12.5 Å². The van der Waals surface area contributed by atoms with Crippen molar-refractivity contribution in [2.24, 2.45) is 0 Å². The lowest BCUT2D eigenvalue weighted by atomic mass is 10.0. The number of rotatable bonds is 4. The molecule has 1 aromatic rings. The zero-order chi connectivity index (χ0) is 10.6. The van der Waals surface area contributed by atoms with Crippen LogP contribution in [0.1, 0.15) is 29.9 Å². The van der Waals surface area contributed by atoms with E-state index in [0.717, 1.165) is 0 Å². The van der Waals surface area contributed by atoms with Gasteiger partial charge in [0, 0.05) is 0 Å². The number of carbonyl (C=O) groups is 1. The van der Waals surface area contributed by atoms with Crippen molar-refractivity contribution >= 4 is 17.2 Å². The number of aliphatic hydroxyl groups excluding tert-OH is 1. The molecule has 0 aromatic carbocycles. The molecule has 0 fully saturated rings. The van der Waals surface area contributed by atoms with Gasteiger partial charge >= 0.3 is 0 Å². The molecule has 78 valence electrons. The quantitative estimate of drug-likeness (QED) is 0.787. The van der Waals surface area contributed by atoms with Crippen molar-refractivity contribution < 1.29 is 9.90 Å². The number of aliphatic hydroxyl groups is 1. The van der Waals surface area contributed by atoms with Gasteiger partial charge in [-0.1, -0.05) is 6.92 Å². The van der Waals surface area contributed by atoms with Gasteiger partial charge in [0.1, 0.15) is 4.88 Å². The van der Waals surface area contributed by atoms with Crippen LogP contribution in [-0.2, 0) is 0 Å². The summed E-state index contributed by atoms with van der Waals surface area (Å²) in [6, 6.07) is 0. The van der Waals surface area contributed by atoms with Gasteiger partial charge in [-0.15, -0.1) is 11.3 Å². The largest absolute Gasteiger partial charge is 0.394 e. The van der Waals surface area contributed by atoms with Crippen molar-refractivity contribution in [1.29, 1.82) is 0 Å². The van der Waals surface area contributed by atoms with Crippen LogP contribution in [0.3, 0.4) is 0 Å². The van der Waals surface area contributed by atoms with Crippen molar-refractivity contribution in [2.45, 2.75) is 25.8 Å². The number of hydrogen-bond acceptors (Lipinski definition) is 4. The van der Waals surface area contributed by atoms with Crippen LogP contribution in [0.15, 0.2) is 11.7 Å². The van der Waals surface area contributed by atoms with Crippen LogP contribution in [0.4, 0.5) is 0 Å². The fourth-order valence-corrected chi connectivity index (χ4v) is 1.42. The molecule has 4 nitrogen and oxygen atoms in total.